The maximum Gasteiger partial charge on any atom is 0.399 e. The van der Waals surface area contributed by atoms with Crippen LogP contribution in [0.3, 0.4) is 0 Å². The second kappa shape index (κ2) is 6.81. The molecule has 122 valence electrons. The molecular formula is C17H16F3NO2. The van der Waals surface area contributed by atoms with Crippen LogP contribution in [0.5, 0.6) is 0 Å². The fraction of sp³-hybridized carbons (Fsp3) is 0.294. The SMILES string of the molecule is Cc1cncc(C)c1-c1ccc(COC(=O)CC(F)(F)F)cc1. The minimum Gasteiger partial charge on any atom is -0.461 e. The molecule has 6 heteroatoms. The molecular weight excluding hydrogens is 307 g/mol. The molecule has 0 aliphatic heterocycles. The second-order valence-corrected chi connectivity index (χ2v) is 5.30. The van der Waals surface area contributed by atoms with Crippen molar-refractivity contribution >= 4 is 5.97 Å². The Kier molecular flexibility index (Phi) is 5.03. The topological polar surface area (TPSA) is 39.2 Å². The predicted octanol–water partition coefficient (Wildman–Crippen LogP) is 4.36. The zero-order valence-electron chi connectivity index (χ0n) is 12.8. The molecule has 2 aromatic rings. The van der Waals surface area contributed by atoms with E-state index in [0.717, 1.165) is 22.3 Å². The molecule has 0 N–H and O–H groups in total. The largest absolute Gasteiger partial charge is 0.461 e. The molecule has 0 bridgehead atoms. The molecule has 0 aliphatic rings. The van der Waals surface area contributed by atoms with Crippen LogP contribution >= 0.6 is 0 Å². The van der Waals surface area contributed by atoms with Crippen LogP contribution in [-0.2, 0) is 16.1 Å². The van der Waals surface area contributed by atoms with E-state index < -0.39 is 18.6 Å². The summed E-state index contributed by atoms with van der Waals surface area (Å²) in [6, 6.07) is 7.16. The molecule has 1 aromatic carbocycles. The maximum absolute atomic E-state index is 12.0. The van der Waals surface area contributed by atoms with Crippen LogP contribution in [0.2, 0.25) is 0 Å². The molecule has 2 rings (SSSR count). The Labute approximate surface area is 132 Å². The molecule has 1 heterocycles. The van der Waals surface area contributed by atoms with Crippen molar-refractivity contribution in [2.24, 2.45) is 0 Å². The molecule has 23 heavy (non-hydrogen) atoms. The van der Waals surface area contributed by atoms with E-state index in [0.29, 0.717) is 5.56 Å². The summed E-state index contributed by atoms with van der Waals surface area (Å²) < 4.78 is 40.8. The number of benzene rings is 1. The van der Waals surface area contributed by atoms with E-state index in [1.807, 2.05) is 26.0 Å². The highest BCUT2D eigenvalue weighted by molar-refractivity contribution is 5.71. The van der Waals surface area contributed by atoms with Crippen LogP contribution in [0.25, 0.3) is 11.1 Å². The molecule has 3 nitrogen and oxygen atoms in total. The molecule has 0 aliphatic carbocycles. The van der Waals surface area contributed by atoms with Gasteiger partial charge in [0, 0.05) is 12.4 Å². The monoisotopic (exact) mass is 323 g/mol. The number of aryl methyl sites for hydroxylation is 2. The van der Waals surface area contributed by atoms with Gasteiger partial charge >= 0.3 is 12.1 Å². The van der Waals surface area contributed by atoms with Gasteiger partial charge in [0.15, 0.2) is 0 Å². The van der Waals surface area contributed by atoms with E-state index in [2.05, 4.69) is 9.72 Å². The smallest absolute Gasteiger partial charge is 0.399 e. The van der Waals surface area contributed by atoms with E-state index in [1.54, 1.807) is 24.5 Å². The van der Waals surface area contributed by atoms with E-state index >= 15 is 0 Å². The first-order valence-electron chi connectivity index (χ1n) is 6.99. The third-order valence-corrected chi connectivity index (χ3v) is 3.31. The summed E-state index contributed by atoms with van der Waals surface area (Å²) in [5, 5.41) is 0. The van der Waals surface area contributed by atoms with Gasteiger partial charge in [0.05, 0.1) is 0 Å². The molecule has 0 fully saturated rings. The van der Waals surface area contributed by atoms with Crippen molar-refractivity contribution in [1.29, 1.82) is 0 Å². The Morgan fingerprint density at radius 1 is 1.09 bits per heavy atom. The Bertz CT molecular complexity index is 674. The number of hydrogen-bond donors (Lipinski definition) is 0. The number of pyridine rings is 1. The molecule has 0 spiro atoms. The summed E-state index contributed by atoms with van der Waals surface area (Å²) in [6.07, 6.45) is -2.57. The number of carbonyl (C=O) groups is 1. The first-order valence-corrected chi connectivity index (χ1v) is 6.99. The van der Waals surface area contributed by atoms with E-state index in [1.165, 1.54) is 0 Å². The van der Waals surface area contributed by atoms with Crippen LogP contribution in [0.15, 0.2) is 36.7 Å². The highest BCUT2D eigenvalue weighted by atomic mass is 19.4. The molecule has 0 radical (unpaired) electrons. The van der Waals surface area contributed by atoms with Crippen LogP contribution in [0.1, 0.15) is 23.1 Å². The summed E-state index contributed by atoms with van der Waals surface area (Å²) in [6.45, 7) is 3.74. The Morgan fingerprint density at radius 2 is 1.65 bits per heavy atom. The number of alkyl halides is 3. The van der Waals surface area contributed by atoms with Gasteiger partial charge in [0.25, 0.3) is 0 Å². The van der Waals surface area contributed by atoms with Crippen LogP contribution in [-0.4, -0.2) is 17.1 Å². The fourth-order valence-electron chi connectivity index (χ4n) is 2.30. The van der Waals surface area contributed by atoms with Crippen LogP contribution in [0.4, 0.5) is 13.2 Å². The Morgan fingerprint density at radius 3 is 2.17 bits per heavy atom. The molecule has 0 amide bonds. The van der Waals surface area contributed by atoms with E-state index in [9.17, 15) is 18.0 Å². The maximum atomic E-state index is 12.0. The zero-order chi connectivity index (χ0) is 17.0. The van der Waals surface area contributed by atoms with Crippen molar-refractivity contribution in [2.75, 3.05) is 0 Å². The predicted molar refractivity (Wildman–Crippen MR) is 79.6 cm³/mol. The molecule has 0 unspecified atom stereocenters. The van der Waals surface area contributed by atoms with Gasteiger partial charge in [-0.2, -0.15) is 13.2 Å². The molecule has 0 atom stereocenters. The summed E-state index contributed by atoms with van der Waals surface area (Å²) in [4.78, 5) is 15.2. The summed E-state index contributed by atoms with van der Waals surface area (Å²) in [7, 11) is 0. The van der Waals surface area contributed by atoms with Gasteiger partial charge in [-0.05, 0) is 41.7 Å². The standard InChI is InChI=1S/C17H16F3NO2/c1-11-8-21-9-12(2)16(11)14-5-3-13(4-6-14)10-23-15(22)7-17(18,19)20/h3-6,8-9H,7,10H2,1-2H3. The van der Waals surface area contributed by atoms with Gasteiger partial charge in [0.2, 0.25) is 0 Å². The lowest BCUT2D eigenvalue weighted by atomic mass is 9.97. The van der Waals surface area contributed by atoms with Crippen LogP contribution < -0.4 is 0 Å². The highest BCUT2D eigenvalue weighted by Crippen LogP contribution is 2.26. The van der Waals surface area contributed by atoms with Crippen molar-refractivity contribution in [3.8, 4) is 11.1 Å². The number of esters is 1. The number of halogens is 3. The first-order chi connectivity index (χ1) is 10.8. The Balaban J connectivity index is 2.04. The van der Waals surface area contributed by atoms with Crippen molar-refractivity contribution in [3.63, 3.8) is 0 Å². The summed E-state index contributed by atoms with van der Waals surface area (Å²) >= 11 is 0. The van der Waals surface area contributed by atoms with Gasteiger partial charge in [-0.15, -0.1) is 0 Å². The fourth-order valence-corrected chi connectivity index (χ4v) is 2.30. The lowest BCUT2D eigenvalue weighted by Gasteiger charge is -2.11. The van der Waals surface area contributed by atoms with E-state index in [4.69, 9.17) is 0 Å². The number of ether oxygens (including phenoxy) is 1. The third-order valence-electron chi connectivity index (χ3n) is 3.31. The minimum atomic E-state index is -4.54. The number of hydrogen-bond acceptors (Lipinski definition) is 3. The summed E-state index contributed by atoms with van der Waals surface area (Å²) in [5.74, 6) is -1.28. The van der Waals surface area contributed by atoms with Crippen molar-refractivity contribution < 1.29 is 22.7 Å². The van der Waals surface area contributed by atoms with Crippen molar-refractivity contribution in [2.45, 2.75) is 33.1 Å². The van der Waals surface area contributed by atoms with Crippen molar-refractivity contribution in [1.82, 2.24) is 4.98 Å². The quantitative estimate of drug-likeness (QED) is 0.785. The number of nitrogens with zero attached hydrogens (tertiary/aromatic N) is 1. The average molecular weight is 323 g/mol. The van der Waals surface area contributed by atoms with Gasteiger partial charge in [-0.1, -0.05) is 24.3 Å². The highest BCUT2D eigenvalue weighted by Gasteiger charge is 2.32. The third kappa shape index (κ3) is 4.81. The van der Waals surface area contributed by atoms with Gasteiger partial charge in [-0.25, -0.2) is 0 Å². The lowest BCUT2D eigenvalue weighted by Crippen LogP contribution is -2.17. The van der Waals surface area contributed by atoms with Crippen molar-refractivity contribution in [3.05, 3.63) is 53.3 Å². The number of aromatic nitrogens is 1. The molecule has 0 saturated heterocycles. The Hall–Kier alpha value is -2.37. The normalized spacial score (nSPS) is 11.3. The number of rotatable bonds is 4. The molecule has 0 saturated carbocycles. The average Bonchev–Trinajstić information content (AvgIpc) is 2.44. The minimum absolute atomic E-state index is 0.177. The van der Waals surface area contributed by atoms with Gasteiger partial charge < -0.3 is 4.74 Å². The second-order valence-electron chi connectivity index (χ2n) is 5.30. The lowest BCUT2D eigenvalue weighted by molar-refractivity contribution is -0.172. The zero-order valence-corrected chi connectivity index (χ0v) is 12.8. The van der Waals surface area contributed by atoms with Crippen LogP contribution in [0, 0.1) is 13.8 Å². The first kappa shape index (κ1) is 17.0. The van der Waals surface area contributed by atoms with E-state index in [-0.39, 0.29) is 6.61 Å². The summed E-state index contributed by atoms with van der Waals surface area (Å²) in [5.41, 5.74) is 4.76. The molecule has 1 aromatic heterocycles. The van der Waals surface area contributed by atoms with Gasteiger partial charge in [-0.3, -0.25) is 9.78 Å². The van der Waals surface area contributed by atoms with Gasteiger partial charge in [0.1, 0.15) is 13.0 Å². The number of carbonyl (C=O) groups excluding carboxylic acids is 1.